The molecule has 0 saturated heterocycles. The fourth-order valence-electron chi connectivity index (χ4n) is 1.96. The number of nitrogens with two attached hydrogens (primary N) is 1. The van der Waals surface area contributed by atoms with Gasteiger partial charge in [-0.25, -0.2) is 4.98 Å². The Morgan fingerprint density at radius 2 is 2.24 bits per heavy atom. The second-order valence-electron chi connectivity index (χ2n) is 5.18. The van der Waals surface area contributed by atoms with Crippen molar-refractivity contribution in [2.45, 2.75) is 32.7 Å². The van der Waals surface area contributed by atoms with Crippen molar-refractivity contribution in [2.24, 2.45) is 18.7 Å². The molecule has 1 aromatic rings. The molecule has 0 radical (unpaired) electrons. The fraction of sp³-hybridized carbons (Fsp3) is 0.667. The van der Waals surface area contributed by atoms with Crippen LogP contribution < -0.4 is 16.6 Å². The first-order chi connectivity index (χ1) is 7.88. The van der Waals surface area contributed by atoms with E-state index in [1.54, 1.807) is 19.4 Å². The van der Waals surface area contributed by atoms with Crippen LogP contribution in [0.25, 0.3) is 0 Å². The quantitative estimate of drug-likeness (QED) is 0.801. The molecule has 0 spiro atoms. The van der Waals surface area contributed by atoms with Gasteiger partial charge in [-0.2, -0.15) is 0 Å². The van der Waals surface area contributed by atoms with Crippen LogP contribution in [0.1, 0.15) is 27.2 Å². The van der Waals surface area contributed by atoms with Crippen molar-refractivity contribution in [3.8, 4) is 0 Å². The zero-order valence-corrected chi connectivity index (χ0v) is 11.0. The van der Waals surface area contributed by atoms with Gasteiger partial charge in [0.15, 0.2) is 5.82 Å². The van der Waals surface area contributed by atoms with Gasteiger partial charge in [0.25, 0.3) is 5.56 Å². The van der Waals surface area contributed by atoms with Crippen molar-refractivity contribution in [3.63, 3.8) is 0 Å². The molecule has 0 aliphatic carbocycles. The van der Waals surface area contributed by atoms with Crippen LogP contribution >= 0.6 is 0 Å². The minimum atomic E-state index is -0.297. The molecule has 0 saturated carbocycles. The highest BCUT2D eigenvalue weighted by atomic mass is 16.1. The molecule has 1 rings (SSSR count). The summed E-state index contributed by atoms with van der Waals surface area (Å²) in [7, 11) is 1.71. The van der Waals surface area contributed by atoms with Gasteiger partial charge in [-0.1, -0.05) is 13.8 Å². The van der Waals surface area contributed by atoms with E-state index in [2.05, 4.69) is 24.1 Å². The maximum absolute atomic E-state index is 11.8. The number of nitrogens with zero attached hydrogens (tertiary/aromatic N) is 2. The second kappa shape index (κ2) is 5.31. The van der Waals surface area contributed by atoms with Crippen LogP contribution in [0.5, 0.6) is 0 Å². The third kappa shape index (κ3) is 3.56. The summed E-state index contributed by atoms with van der Waals surface area (Å²) in [4.78, 5) is 15.9. The van der Waals surface area contributed by atoms with E-state index in [0.717, 1.165) is 6.42 Å². The summed E-state index contributed by atoms with van der Waals surface area (Å²) >= 11 is 0. The number of hydrogen-bond acceptors (Lipinski definition) is 4. The molecule has 0 aliphatic rings. The van der Waals surface area contributed by atoms with Crippen molar-refractivity contribution in [1.29, 1.82) is 0 Å². The molecule has 17 heavy (non-hydrogen) atoms. The van der Waals surface area contributed by atoms with Gasteiger partial charge < -0.3 is 15.6 Å². The van der Waals surface area contributed by atoms with Crippen LogP contribution in [0.3, 0.4) is 0 Å². The SMILES string of the molecule is CC(C)CC(C)(CN)Nc1nccn(C)c1=O. The highest BCUT2D eigenvalue weighted by Gasteiger charge is 2.25. The van der Waals surface area contributed by atoms with Gasteiger partial charge in [0.05, 0.1) is 0 Å². The Balaban J connectivity index is 2.95. The first-order valence-corrected chi connectivity index (χ1v) is 5.88. The molecule has 1 aromatic heterocycles. The molecule has 0 aromatic carbocycles. The third-order valence-electron chi connectivity index (χ3n) is 2.75. The van der Waals surface area contributed by atoms with Crippen molar-refractivity contribution in [1.82, 2.24) is 9.55 Å². The first-order valence-electron chi connectivity index (χ1n) is 5.88. The highest BCUT2D eigenvalue weighted by molar-refractivity contribution is 5.34. The van der Waals surface area contributed by atoms with Crippen LogP contribution in [0.4, 0.5) is 5.82 Å². The van der Waals surface area contributed by atoms with Gasteiger partial charge in [-0.15, -0.1) is 0 Å². The van der Waals surface area contributed by atoms with Crippen molar-refractivity contribution in [2.75, 3.05) is 11.9 Å². The molecule has 5 heteroatoms. The van der Waals surface area contributed by atoms with E-state index in [4.69, 9.17) is 5.73 Å². The third-order valence-corrected chi connectivity index (χ3v) is 2.75. The molecule has 3 N–H and O–H groups in total. The Morgan fingerprint density at radius 3 is 2.76 bits per heavy atom. The lowest BCUT2D eigenvalue weighted by molar-refractivity contribution is 0.405. The van der Waals surface area contributed by atoms with Crippen LogP contribution in [0.15, 0.2) is 17.2 Å². The molecule has 96 valence electrons. The predicted molar refractivity (Wildman–Crippen MR) is 70.0 cm³/mol. The maximum Gasteiger partial charge on any atom is 0.293 e. The van der Waals surface area contributed by atoms with Crippen molar-refractivity contribution < 1.29 is 0 Å². The Kier molecular flexibility index (Phi) is 4.28. The predicted octanol–water partition coefficient (Wildman–Crippen LogP) is 0.956. The van der Waals surface area contributed by atoms with Gasteiger partial charge in [-0.05, 0) is 19.3 Å². The van der Waals surface area contributed by atoms with Crippen LogP contribution in [0.2, 0.25) is 0 Å². The summed E-state index contributed by atoms with van der Waals surface area (Å²) in [6.07, 6.45) is 4.13. The molecular formula is C12H22N4O. The van der Waals surface area contributed by atoms with E-state index in [1.807, 2.05) is 6.92 Å². The molecule has 0 fully saturated rings. The normalized spacial score (nSPS) is 14.7. The number of aromatic nitrogens is 2. The summed E-state index contributed by atoms with van der Waals surface area (Å²) in [6.45, 7) is 6.74. The molecule has 0 amide bonds. The number of anilines is 1. The van der Waals surface area contributed by atoms with Gasteiger partial charge in [0.1, 0.15) is 0 Å². The fourth-order valence-corrected chi connectivity index (χ4v) is 1.96. The van der Waals surface area contributed by atoms with E-state index in [0.29, 0.717) is 18.3 Å². The molecule has 5 nitrogen and oxygen atoms in total. The largest absolute Gasteiger partial charge is 0.359 e. The molecule has 1 unspecified atom stereocenters. The average Bonchev–Trinajstić information content (AvgIpc) is 2.24. The monoisotopic (exact) mass is 238 g/mol. The van der Waals surface area contributed by atoms with E-state index in [9.17, 15) is 4.79 Å². The summed E-state index contributed by atoms with van der Waals surface area (Å²) in [6, 6.07) is 0. The number of rotatable bonds is 5. The Hall–Kier alpha value is -1.36. The van der Waals surface area contributed by atoms with E-state index in [-0.39, 0.29) is 11.1 Å². The summed E-state index contributed by atoms with van der Waals surface area (Å²) < 4.78 is 1.50. The number of aryl methyl sites for hydroxylation is 1. The van der Waals surface area contributed by atoms with Gasteiger partial charge >= 0.3 is 0 Å². The topological polar surface area (TPSA) is 72.9 Å². The zero-order chi connectivity index (χ0) is 13.1. The average molecular weight is 238 g/mol. The van der Waals surface area contributed by atoms with Crippen molar-refractivity contribution >= 4 is 5.82 Å². The Labute approximate surface area is 102 Å². The van der Waals surface area contributed by atoms with Crippen LogP contribution in [0, 0.1) is 5.92 Å². The van der Waals surface area contributed by atoms with E-state index < -0.39 is 0 Å². The Morgan fingerprint density at radius 1 is 1.59 bits per heavy atom. The lowest BCUT2D eigenvalue weighted by Gasteiger charge is -2.31. The van der Waals surface area contributed by atoms with E-state index >= 15 is 0 Å². The summed E-state index contributed by atoms with van der Waals surface area (Å²) in [5.74, 6) is 0.868. The minimum Gasteiger partial charge on any atom is -0.359 e. The zero-order valence-electron chi connectivity index (χ0n) is 11.0. The molecule has 1 atom stereocenters. The van der Waals surface area contributed by atoms with E-state index in [1.165, 1.54) is 4.57 Å². The molecular weight excluding hydrogens is 216 g/mol. The number of hydrogen-bond donors (Lipinski definition) is 2. The lowest BCUT2D eigenvalue weighted by atomic mass is 9.91. The maximum atomic E-state index is 11.8. The smallest absolute Gasteiger partial charge is 0.293 e. The summed E-state index contributed by atoms with van der Waals surface area (Å²) in [5, 5.41) is 3.18. The second-order valence-corrected chi connectivity index (χ2v) is 5.18. The van der Waals surface area contributed by atoms with Gasteiger partial charge in [-0.3, -0.25) is 4.79 Å². The van der Waals surface area contributed by atoms with Gasteiger partial charge in [0.2, 0.25) is 0 Å². The number of nitrogens with one attached hydrogen (secondary N) is 1. The van der Waals surface area contributed by atoms with Crippen LogP contribution in [-0.2, 0) is 7.05 Å². The highest BCUT2D eigenvalue weighted by Crippen LogP contribution is 2.18. The molecule has 0 aliphatic heterocycles. The summed E-state index contributed by atoms with van der Waals surface area (Å²) in [5.41, 5.74) is 5.37. The van der Waals surface area contributed by atoms with Gasteiger partial charge in [0, 0.05) is 31.5 Å². The molecule has 0 bridgehead atoms. The minimum absolute atomic E-state index is 0.129. The standard InChI is InChI=1S/C12H22N4O/c1-9(2)7-12(3,8-13)15-10-11(17)16(4)6-5-14-10/h5-6,9H,7-8,13H2,1-4H3,(H,14,15). The Bertz CT molecular complexity index is 427. The van der Waals surface area contributed by atoms with Crippen molar-refractivity contribution in [3.05, 3.63) is 22.7 Å². The van der Waals surface area contributed by atoms with Crippen LogP contribution in [-0.4, -0.2) is 21.6 Å². The first kappa shape index (κ1) is 13.7. The lowest BCUT2D eigenvalue weighted by Crippen LogP contribution is -2.45. The molecule has 1 heterocycles.